The van der Waals surface area contributed by atoms with Crippen LogP contribution in [0.3, 0.4) is 0 Å². The van der Waals surface area contributed by atoms with Crippen LogP contribution < -0.4 is 16.6 Å². The molecule has 8 nitrogen and oxygen atoms in total. The zero-order valence-corrected chi connectivity index (χ0v) is 19.0. The molecule has 0 aliphatic carbocycles. The Labute approximate surface area is 170 Å². The first kappa shape index (κ1) is 21.2. The fraction of sp³-hybridized carbons (Fsp3) is 0.722. The maximum atomic E-state index is 12.4. The normalized spacial score (nSPS) is 27.9. The predicted molar refractivity (Wildman–Crippen MR) is 112 cm³/mol. The SMILES string of the molecule is Cc1cn([C@@H]2O[C@H](CO[Si](C)(C)C(C)(C)C)[C@H]3CNC(=S)O[C@H]32)c(=O)[nH]c1=O. The average Bonchev–Trinajstić information content (AvgIpc) is 2.93. The highest BCUT2D eigenvalue weighted by atomic mass is 32.1. The molecular weight excluding hydrogens is 398 g/mol. The maximum absolute atomic E-state index is 12.4. The minimum absolute atomic E-state index is 0.0272. The number of aryl methyl sites for hydroxylation is 1. The van der Waals surface area contributed by atoms with Crippen LogP contribution in [0.15, 0.2) is 15.8 Å². The Balaban J connectivity index is 1.87. The van der Waals surface area contributed by atoms with Crippen molar-refractivity contribution in [3.63, 3.8) is 0 Å². The third kappa shape index (κ3) is 3.96. The summed E-state index contributed by atoms with van der Waals surface area (Å²) < 4.78 is 19.8. The smallest absolute Gasteiger partial charge is 0.330 e. The highest BCUT2D eigenvalue weighted by molar-refractivity contribution is 7.80. The number of thiocarbonyl (C=S) groups is 1. The van der Waals surface area contributed by atoms with Gasteiger partial charge in [-0.3, -0.25) is 14.3 Å². The molecule has 1 aromatic rings. The quantitative estimate of drug-likeness (QED) is 0.557. The summed E-state index contributed by atoms with van der Waals surface area (Å²) in [7, 11) is -1.95. The average molecular weight is 428 g/mol. The van der Waals surface area contributed by atoms with E-state index >= 15 is 0 Å². The molecule has 2 aliphatic heterocycles. The Morgan fingerprint density at radius 3 is 2.68 bits per heavy atom. The molecule has 4 atom stereocenters. The molecule has 2 fully saturated rings. The molecular formula is C18H29N3O5SSi. The summed E-state index contributed by atoms with van der Waals surface area (Å²) in [5.74, 6) is -0.0272. The minimum Gasteiger partial charge on any atom is -0.462 e. The molecule has 3 rings (SSSR count). The lowest BCUT2D eigenvalue weighted by Crippen LogP contribution is -2.50. The summed E-state index contributed by atoms with van der Waals surface area (Å²) in [6.45, 7) is 13.6. The Kier molecular flexibility index (Phi) is 5.61. The number of hydrogen-bond acceptors (Lipinski definition) is 6. The van der Waals surface area contributed by atoms with Gasteiger partial charge in [0, 0.05) is 24.2 Å². The molecule has 2 aliphatic rings. The van der Waals surface area contributed by atoms with Gasteiger partial charge in [0.2, 0.25) is 0 Å². The van der Waals surface area contributed by atoms with Crippen molar-refractivity contribution in [2.45, 2.75) is 64.3 Å². The van der Waals surface area contributed by atoms with E-state index in [1.165, 1.54) is 10.8 Å². The van der Waals surface area contributed by atoms with Crippen LogP contribution in [-0.4, -0.2) is 48.4 Å². The molecule has 0 spiro atoms. The highest BCUT2D eigenvalue weighted by Crippen LogP contribution is 2.40. The van der Waals surface area contributed by atoms with Crippen LogP contribution in [0.25, 0.3) is 0 Å². The molecule has 0 radical (unpaired) electrons. The predicted octanol–water partition coefficient (Wildman–Crippen LogP) is 1.65. The molecule has 0 unspecified atom stereocenters. The minimum atomic E-state index is -1.95. The molecule has 0 amide bonds. The number of H-pyrrole nitrogens is 1. The Hall–Kier alpha value is -1.49. The summed E-state index contributed by atoms with van der Waals surface area (Å²) in [6.07, 6.45) is 0.152. The number of hydrogen-bond donors (Lipinski definition) is 2. The van der Waals surface area contributed by atoms with E-state index < -0.39 is 31.9 Å². The maximum Gasteiger partial charge on any atom is 0.330 e. The van der Waals surface area contributed by atoms with Gasteiger partial charge in [-0.25, -0.2) is 4.79 Å². The van der Waals surface area contributed by atoms with Gasteiger partial charge in [0.25, 0.3) is 10.7 Å². The van der Waals surface area contributed by atoms with Crippen LogP contribution in [0.2, 0.25) is 18.1 Å². The van der Waals surface area contributed by atoms with E-state index in [0.29, 0.717) is 18.7 Å². The molecule has 2 N–H and O–H groups in total. The molecule has 156 valence electrons. The number of ether oxygens (including phenoxy) is 2. The first-order valence-electron chi connectivity index (χ1n) is 9.47. The van der Waals surface area contributed by atoms with Crippen LogP contribution in [0.1, 0.15) is 32.6 Å². The van der Waals surface area contributed by atoms with Crippen molar-refractivity contribution >= 4 is 25.7 Å². The molecule has 2 saturated heterocycles. The van der Waals surface area contributed by atoms with Crippen LogP contribution in [0, 0.1) is 12.8 Å². The molecule has 0 aromatic carbocycles. The van der Waals surface area contributed by atoms with Crippen molar-refractivity contribution in [3.8, 4) is 0 Å². The van der Waals surface area contributed by atoms with Gasteiger partial charge < -0.3 is 19.2 Å². The van der Waals surface area contributed by atoms with Gasteiger partial charge in [-0.1, -0.05) is 20.8 Å². The van der Waals surface area contributed by atoms with Gasteiger partial charge in [0.05, 0.1) is 12.7 Å². The first-order valence-corrected chi connectivity index (χ1v) is 12.8. The summed E-state index contributed by atoms with van der Waals surface area (Å²) >= 11 is 5.16. The lowest BCUT2D eigenvalue weighted by Gasteiger charge is -2.37. The van der Waals surface area contributed by atoms with E-state index in [4.69, 9.17) is 26.1 Å². The fourth-order valence-electron chi connectivity index (χ4n) is 3.21. The Bertz CT molecular complexity index is 875. The number of rotatable bonds is 4. The Morgan fingerprint density at radius 1 is 1.36 bits per heavy atom. The van der Waals surface area contributed by atoms with Crippen LogP contribution in [0.4, 0.5) is 0 Å². The van der Waals surface area contributed by atoms with Gasteiger partial charge in [0.15, 0.2) is 20.6 Å². The monoisotopic (exact) mass is 427 g/mol. The lowest BCUT2D eigenvalue weighted by molar-refractivity contribution is -0.0485. The Morgan fingerprint density at radius 2 is 2.04 bits per heavy atom. The summed E-state index contributed by atoms with van der Waals surface area (Å²) in [4.78, 5) is 26.4. The first-order chi connectivity index (χ1) is 12.9. The second kappa shape index (κ2) is 7.40. The highest BCUT2D eigenvalue weighted by Gasteiger charge is 2.50. The standard InChI is InChI=1S/C18H29N3O5SSi/c1-10-8-21(16(23)20-14(10)22)15-13-11(7-19-17(27)26-13)12(25-15)9-24-28(5,6)18(2,3)4/h8,11-13,15H,7,9H2,1-6H3,(H,19,27)(H,20,22,23)/t11-,12-,13-,15-/m1/s1. The van der Waals surface area contributed by atoms with E-state index in [1.807, 2.05) is 0 Å². The fourth-order valence-corrected chi connectivity index (χ4v) is 4.42. The van der Waals surface area contributed by atoms with Gasteiger partial charge in [-0.2, -0.15) is 0 Å². The molecule has 3 heterocycles. The van der Waals surface area contributed by atoms with Crippen molar-refractivity contribution < 1.29 is 13.9 Å². The number of aromatic amines is 1. The van der Waals surface area contributed by atoms with E-state index in [9.17, 15) is 9.59 Å². The third-order valence-corrected chi connectivity index (χ3v) is 10.8. The summed E-state index contributed by atoms with van der Waals surface area (Å²) in [6, 6.07) is 0. The van der Waals surface area contributed by atoms with Crippen molar-refractivity contribution in [3.05, 3.63) is 32.6 Å². The van der Waals surface area contributed by atoms with Gasteiger partial charge in [-0.15, -0.1) is 0 Å². The van der Waals surface area contributed by atoms with Crippen LogP contribution in [-0.2, 0) is 13.9 Å². The molecule has 0 saturated carbocycles. The molecule has 0 bridgehead atoms. The van der Waals surface area contributed by atoms with Crippen LogP contribution in [0.5, 0.6) is 0 Å². The van der Waals surface area contributed by atoms with E-state index in [1.54, 1.807) is 6.92 Å². The van der Waals surface area contributed by atoms with E-state index in [0.717, 1.165) is 0 Å². The third-order valence-electron chi connectivity index (χ3n) is 6.05. The molecule has 10 heteroatoms. The number of aromatic nitrogens is 2. The number of nitrogens with zero attached hydrogens (tertiary/aromatic N) is 1. The van der Waals surface area contributed by atoms with Crippen molar-refractivity contribution in [2.24, 2.45) is 5.92 Å². The second-order valence-electron chi connectivity index (χ2n) is 9.03. The largest absolute Gasteiger partial charge is 0.462 e. The number of nitrogens with one attached hydrogen (secondary N) is 2. The zero-order valence-electron chi connectivity index (χ0n) is 17.2. The van der Waals surface area contributed by atoms with Crippen LogP contribution >= 0.6 is 12.2 Å². The summed E-state index contributed by atoms with van der Waals surface area (Å²) in [5, 5.41) is 3.43. The lowest BCUT2D eigenvalue weighted by atomic mass is 9.97. The van der Waals surface area contributed by atoms with Gasteiger partial charge in [0.1, 0.15) is 0 Å². The zero-order chi connectivity index (χ0) is 20.9. The second-order valence-corrected chi connectivity index (χ2v) is 14.2. The molecule has 28 heavy (non-hydrogen) atoms. The van der Waals surface area contributed by atoms with E-state index in [2.05, 4.69) is 44.2 Å². The number of fused-ring (bicyclic) bond motifs is 1. The van der Waals surface area contributed by atoms with Gasteiger partial charge >= 0.3 is 5.69 Å². The molecule has 1 aromatic heterocycles. The summed E-state index contributed by atoms with van der Waals surface area (Å²) in [5.41, 5.74) is -0.508. The van der Waals surface area contributed by atoms with Crippen molar-refractivity contribution in [1.29, 1.82) is 0 Å². The van der Waals surface area contributed by atoms with Crippen molar-refractivity contribution in [2.75, 3.05) is 13.2 Å². The van der Waals surface area contributed by atoms with Gasteiger partial charge in [-0.05, 0) is 37.3 Å². The van der Waals surface area contributed by atoms with Crippen molar-refractivity contribution in [1.82, 2.24) is 14.9 Å². The topological polar surface area (TPSA) is 94.6 Å². The van der Waals surface area contributed by atoms with E-state index in [-0.39, 0.29) is 22.2 Å².